The van der Waals surface area contributed by atoms with Crippen LogP contribution in [0.5, 0.6) is 0 Å². The Balaban J connectivity index is 2.95. The standard InChI is InChI=1S/C10H7ClF3N/c11-9-4-2-1-3-8(9)7(6-15)5-10(12,13)14/h1-4,7H,5H2/t7-/m0/s1. The highest BCUT2D eigenvalue weighted by molar-refractivity contribution is 6.31. The summed E-state index contributed by atoms with van der Waals surface area (Å²) < 4.78 is 36.3. The zero-order chi connectivity index (χ0) is 11.5. The van der Waals surface area contributed by atoms with Crippen molar-refractivity contribution in [3.05, 3.63) is 34.9 Å². The molecule has 0 heterocycles. The second-order valence-electron chi connectivity index (χ2n) is 3.02. The first-order valence-electron chi connectivity index (χ1n) is 4.15. The molecule has 0 radical (unpaired) electrons. The Morgan fingerprint density at radius 1 is 1.33 bits per heavy atom. The van der Waals surface area contributed by atoms with E-state index in [0.717, 1.165) is 0 Å². The van der Waals surface area contributed by atoms with Crippen molar-refractivity contribution in [1.82, 2.24) is 0 Å². The molecule has 0 aliphatic rings. The molecule has 0 aliphatic carbocycles. The van der Waals surface area contributed by atoms with Crippen LogP contribution in [0.1, 0.15) is 17.9 Å². The van der Waals surface area contributed by atoms with Crippen molar-refractivity contribution in [2.24, 2.45) is 0 Å². The first-order chi connectivity index (χ1) is 6.94. The van der Waals surface area contributed by atoms with E-state index in [0.29, 0.717) is 0 Å². The summed E-state index contributed by atoms with van der Waals surface area (Å²) in [6.07, 6.45) is -5.53. The summed E-state index contributed by atoms with van der Waals surface area (Å²) in [5.74, 6) is -1.24. The predicted molar refractivity (Wildman–Crippen MR) is 50.5 cm³/mol. The summed E-state index contributed by atoms with van der Waals surface area (Å²) in [5.41, 5.74) is 0.221. The summed E-state index contributed by atoms with van der Waals surface area (Å²) in [4.78, 5) is 0. The van der Waals surface area contributed by atoms with Crippen LogP contribution >= 0.6 is 11.6 Å². The van der Waals surface area contributed by atoms with Crippen molar-refractivity contribution in [3.8, 4) is 6.07 Å². The van der Waals surface area contributed by atoms with E-state index in [2.05, 4.69) is 0 Å². The highest BCUT2D eigenvalue weighted by atomic mass is 35.5. The fourth-order valence-corrected chi connectivity index (χ4v) is 1.48. The van der Waals surface area contributed by atoms with Crippen LogP contribution < -0.4 is 0 Å². The molecule has 0 saturated heterocycles. The van der Waals surface area contributed by atoms with Gasteiger partial charge in [0.25, 0.3) is 0 Å². The van der Waals surface area contributed by atoms with E-state index >= 15 is 0 Å². The van der Waals surface area contributed by atoms with Crippen molar-refractivity contribution in [2.75, 3.05) is 0 Å². The molecule has 1 atom stereocenters. The smallest absolute Gasteiger partial charge is 0.198 e. The van der Waals surface area contributed by atoms with E-state index in [9.17, 15) is 13.2 Å². The van der Waals surface area contributed by atoms with Crippen molar-refractivity contribution in [1.29, 1.82) is 5.26 Å². The Kier molecular flexibility index (Phi) is 3.59. The third-order valence-electron chi connectivity index (χ3n) is 1.87. The fraction of sp³-hybridized carbons (Fsp3) is 0.300. The lowest BCUT2D eigenvalue weighted by Crippen LogP contribution is -2.13. The second kappa shape index (κ2) is 4.54. The van der Waals surface area contributed by atoms with Crippen LogP contribution in [0, 0.1) is 11.3 Å². The monoisotopic (exact) mass is 233 g/mol. The van der Waals surface area contributed by atoms with Gasteiger partial charge in [0.1, 0.15) is 0 Å². The molecule has 0 amide bonds. The Morgan fingerprint density at radius 2 is 1.93 bits per heavy atom. The fourth-order valence-electron chi connectivity index (χ4n) is 1.21. The van der Waals surface area contributed by atoms with Gasteiger partial charge in [0.15, 0.2) is 0 Å². The van der Waals surface area contributed by atoms with Crippen LogP contribution in [0.3, 0.4) is 0 Å². The molecule has 15 heavy (non-hydrogen) atoms. The van der Waals surface area contributed by atoms with Gasteiger partial charge < -0.3 is 0 Å². The molecule has 1 aromatic carbocycles. The lowest BCUT2D eigenvalue weighted by molar-refractivity contribution is -0.136. The molecule has 0 spiro atoms. The summed E-state index contributed by atoms with van der Waals surface area (Å²) in [7, 11) is 0. The zero-order valence-electron chi connectivity index (χ0n) is 7.55. The van der Waals surface area contributed by atoms with Crippen molar-refractivity contribution in [3.63, 3.8) is 0 Å². The highest BCUT2D eigenvalue weighted by Gasteiger charge is 2.33. The van der Waals surface area contributed by atoms with Crippen molar-refractivity contribution in [2.45, 2.75) is 18.5 Å². The predicted octanol–water partition coefficient (Wildman–Crippen LogP) is 3.90. The topological polar surface area (TPSA) is 23.8 Å². The van der Waals surface area contributed by atoms with Crippen LogP contribution in [0.25, 0.3) is 0 Å². The molecule has 0 unspecified atom stereocenters. The van der Waals surface area contributed by atoms with Gasteiger partial charge in [0, 0.05) is 5.02 Å². The second-order valence-corrected chi connectivity index (χ2v) is 3.43. The minimum Gasteiger partial charge on any atom is -0.198 e. The number of halogens is 4. The molecule has 1 aromatic rings. The molecule has 0 saturated carbocycles. The third kappa shape index (κ3) is 3.45. The zero-order valence-corrected chi connectivity index (χ0v) is 8.31. The first kappa shape index (κ1) is 11.9. The van der Waals surface area contributed by atoms with Gasteiger partial charge in [-0.15, -0.1) is 0 Å². The maximum absolute atomic E-state index is 12.1. The van der Waals surface area contributed by atoms with E-state index in [1.54, 1.807) is 18.2 Å². The minimum atomic E-state index is -4.36. The molecule has 0 fully saturated rings. The summed E-state index contributed by atoms with van der Waals surface area (Å²) in [5, 5.41) is 8.85. The van der Waals surface area contributed by atoms with E-state index in [1.807, 2.05) is 0 Å². The van der Waals surface area contributed by atoms with E-state index in [1.165, 1.54) is 12.1 Å². The van der Waals surface area contributed by atoms with Crippen molar-refractivity contribution >= 4 is 11.6 Å². The molecule has 0 bridgehead atoms. The van der Waals surface area contributed by atoms with Gasteiger partial charge in [-0.3, -0.25) is 0 Å². The summed E-state index contributed by atoms with van der Waals surface area (Å²) in [6.45, 7) is 0. The van der Waals surface area contributed by atoms with Gasteiger partial charge in [0.05, 0.1) is 18.4 Å². The number of alkyl halides is 3. The minimum absolute atomic E-state index is 0.188. The molecule has 0 aliphatic heterocycles. The van der Waals surface area contributed by atoms with Crippen LogP contribution in [0.4, 0.5) is 13.2 Å². The number of nitriles is 1. The van der Waals surface area contributed by atoms with Crippen LogP contribution in [-0.4, -0.2) is 6.18 Å². The number of rotatable bonds is 2. The quantitative estimate of drug-likeness (QED) is 0.760. The third-order valence-corrected chi connectivity index (χ3v) is 2.22. The van der Waals surface area contributed by atoms with Crippen LogP contribution in [-0.2, 0) is 0 Å². The highest BCUT2D eigenvalue weighted by Crippen LogP contribution is 2.33. The van der Waals surface area contributed by atoms with Gasteiger partial charge >= 0.3 is 6.18 Å². The van der Waals surface area contributed by atoms with E-state index in [-0.39, 0.29) is 10.6 Å². The van der Waals surface area contributed by atoms with Gasteiger partial charge in [-0.25, -0.2) is 0 Å². The number of benzene rings is 1. The van der Waals surface area contributed by atoms with Crippen LogP contribution in [0.2, 0.25) is 5.02 Å². The lowest BCUT2D eigenvalue weighted by atomic mass is 9.97. The van der Waals surface area contributed by atoms with Gasteiger partial charge in [-0.1, -0.05) is 29.8 Å². The molecule has 0 N–H and O–H groups in total. The molecule has 1 nitrogen and oxygen atoms in total. The van der Waals surface area contributed by atoms with Gasteiger partial charge in [-0.2, -0.15) is 18.4 Å². The Hall–Kier alpha value is -1.21. The molecular weight excluding hydrogens is 227 g/mol. The lowest BCUT2D eigenvalue weighted by Gasteiger charge is -2.13. The number of nitrogens with zero attached hydrogens (tertiary/aromatic N) is 1. The molecule has 1 rings (SSSR count). The maximum atomic E-state index is 12.1. The van der Waals surface area contributed by atoms with Gasteiger partial charge in [0.2, 0.25) is 0 Å². The largest absolute Gasteiger partial charge is 0.390 e. The van der Waals surface area contributed by atoms with E-state index < -0.39 is 18.5 Å². The summed E-state index contributed by atoms with van der Waals surface area (Å²) in [6, 6.07) is 7.68. The number of hydrogen-bond acceptors (Lipinski definition) is 1. The number of hydrogen-bond donors (Lipinski definition) is 0. The SMILES string of the molecule is N#C[C@H](CC(F)(F)F)c1ccccc1Cl. The van der Waals surface area contributed by atoms with E-state index in [4.69, 9.17) is 16.9 Å². The van der Waals surface area contributed by atoms with Gasteiger partial charge in [-0.05, 0) is 11.6 Å². The average molecular weight is 234 g/mol. The average Bonchev–Trinajstić information content (AvgIpc) is 2.14. The summed E-state index contributed by atoms with van der Waals surface area (Å²) >= 11 is 5.71. The molecule has 80 valence electrons. The van der Waals surface area contributed by atoms with Crippen molar-refractivity contribution < 1.29 is 13.2 Å². The Morgan fingerprint density at radius 3 is 2.40 bits per heavy atom. The normalized spacial score (nSPS) is 13.3. The maximum Gasteiger partial charge on any atom is 0.390 e. The molecular formula is C10H7ClF3N. The van der Waals surface area contributed by atoms with Crippen LogP contribution in [0.15, 0.2) is 24.3 Å². The Bertz CT molecular complexity index is 381. The first-order valence-corrected chi connectivity index (χ1v) is 4.52. The molecule has 5 heteroatoms. The Labute approximate surface area is 90.1 Å². The molecule has 0 aromatic heterocycles.